The van der Waals surface area contributed by atoms with Gasteiger partial charge in [0.25, 0.3) is 0 Å². The second-order valence-electron chi connectivity index (χ2n) is 11.2. The zero-order valence-corrected chi connectivity index (χ0v) is 22.2. The van der Waals surface area contributed by atoms with Crippen LogP contribution in [0.15, 0.2) is 30.5 Å². The maximum atomic E-state index is 13.7. The number of hydrogen-bond acceptors (Lipinski definition) is 7. The van der Waals surface area contributed by atoms with Crippen molar-refractivity contribution in [3.8, 4) is 0 Å². The van der Waals surface area contributed by atoms with Crippen molar-refractivity contribution in [3.63, 3.8) is 0 Å². The van der Waals surface area contributed by atoms with E-state index in [2.05, 4.69) is 63.5 Å². The molecule has 1 aromatic heterocycles. The van der Waals surface area contributed by atoms with E-state index in [0.717, 1.165) is 75.6 Å². The molecular formula is C28H40N8O. The quantitative estimate of drug-likeness (QED) is 0.620. The summed E-state index contributed by atoms with van der Waals surface area (Å²) in [5, 5.41) is 6.80. The van der Waals surface area contributed by atoms with Gasteiger partial charge in [0.05, 0.1) is 6.54 Å². The average molecular weight is 505 g/mol. The highest BCUT2D eigenvalue weighted by molar-refractivity contribution is 5.94. The van der Waals surface area contributed by atoms with Crippen molar-refractivity contribution >= 4 is 29.2 Å². The molecule has 6 rings (SSSR count). The molecular weight excluding hydrogens is 464 g/mol. The molecule has 0 bridgehead atoms. The van der Waals surface area contributed by atoms with Gasteiger partial charge in [-0.3, -0.25) is 9.80 Å². The van der Waals surface area contributed by atoms with E-state index in [1.807, 2.05) is 16.0 Å². The molecule has 9 heteroatoms. The minimum absolute atomic E-state index is 0.111. The Morgan fingerprint density at radius 2 is 1.76 bits per heavy atom. The van der Waals surface area contributed by atoms with Crippen LogP contribution in [0.5, 0.6) is 0 Å². The van der Waals surface area contributed by atoms with Gasteiger partial charge < -0.3 is 20.4 Å². The molecule has 2 N–H and O–H groups in total. The zero-order chi connectivity index (χ0) is 25.4. The van der Waals surface area contributed by atoms with Gasteiger partial charge in [0.1, 0.15) is 5.82 Å². The highest BCUT2D eigenvalue weighted by Gasteiger charge is 2.40. The number of carbonyl (C=O) groups excluding carboxylic acids is 1. The number of fused-ring (bicyclic) bond motifs is 1. The van der Waals surface area contributed by atoms with E-state index < -0.39 is 0 Å². The number of urea groups is 1. The first kappa shape index (κ1) is 24.4. The third kappa shape index (κ3) is 4.99. The second kappa shape index (κ2) is 10.5. The Bertz CT molecular complexity index is 1090. The normalized spacial score (nSPS) is 23.3. The maximum Gasteiger partial charge on any atom is 0.326 e. The molecule has 1 aromatic carbocycles. The van der Waals surface area contributed by atoms with Gasteiger partial charge in [0.15, 0.2) is 0 Å². The topological polar surface area (TPSA) is 79.9 Å². The van der Waals surface area contributed by atoms with Crippen molar-refractivity contribution in [3.05, 3.63) is 36.0 Å². The summed E-state index contributed by atoms with van der Waals surface area (Å²) in [4.78, 5) is 32.3. The van der Waals surface area contributed by atoms with Gasteiger partial charge in [-0.15, -0.1) is 0 Å². The van der Waals surface area contributed by atoms with Crippen LogP contribution in [0, 0.1) is 0 Å². The van der Waals surface area contributed by atoms with Crippen LogP contribution in [0.3, 0.4) is 0 Å². The molecule has 1 atom stereocenters. The summed E-state index contributed by atoms with van der Waals surface area (Å²) in [5.74, 6) is 1.33. The predicted octanol–water partition coefficient (Wildman–Crippen LogP) is 3.80. The SMILES string of the molecule is CC(C)N1CCN(c2ccc(Nc3ncc4c(n3)N(C3CCCC3)C(=O)N([C@H]3CCNC3)C4)cc2)CC1. The average Bonchev–Trinajstić information content (AvgIpc) is 3.64. The molecule has 198 valence electrons. The van der Waals surface area contributed by atoms with Crippen molar-refractivity contribution in [2.24, 2.45) is 0 Å². The maximum absolute atomic E-state index is 13.7. The van der Waals surface area contributed by atoms with Gasteiger partial charge in [-0.1, -0.05) is 12.8 Å². The van der Waals surface area contributed by atoms with E-state index in [9.17, 15) is 4.79 Å². The minimum atomic E-state index is 0.111. The number of nitrogens with zero attached hydrogens (tertiary/aromatic N) is 6. The fraction of sp³-hybridized carbons (Fsp3) is 0.607. The largest absolute Gasteiger partial charge is 0.369 e. The molecule has 2 saturated heterocycles. The highest BCUT2D eigenvalue weighted by atomic mass is 16.2. The van der Waals surface area contributed by atoms with Crippen molar-refractivity contribution < 1.29 is 4.79 Å². The summed E-state index contributed by atoms with van der Waals surface area (Å²) in [6.45, 7) is 11.3. The lowest BCUT2D eigenvalue weighted by Gasteiger charge is -2.41. The third-order valence-electron chi connectivity index (χ3n) is 8.56. The van der Waals surface area contributed by atoms with E-state index in [1.54, 1.807) is 0 Å². The summed E-state index contributed by atoms with van der Waals surface area (Å²) in [6.07, 6.45) is 7.34. The first-order valence-electron chi connectivity index (χ1n) is 14.1. The molecule has 0 spiro atoms. The van der Waals surface area contributed by atoms with Gasteiger partial charge >= 0.3 is 6.03 Å². The van der Waals surface area contributed by atoms with Crippen LogP contribution in [0.4, 0.5) is 27.9 Å². The zero-order valence-electron chi connectivity index (χ0n) is 22.2. The van der Waals surface area contributed by atoms with Crippen LogP contribution in [0.2, 0.25) is 0 Å². The molecule has 3 fully saturated rings. The van der Waals surface area contributed by atoms with Gasteiger partial charge in [-0.05, 0) is 63.9 Å². The number of benzene rings is 1. The Morgan fingerprint density at radius 3 is 2.43 bits per heavy atom. The summed E-state index contributed by atoms with van der Waals surface area (Å²) < 4.78 is 0. The minimum Gasteiger partial charge on any atom is -0.369 e. The van der Waals surface area contributed by atoms with Crippen molar-refractivity contribution in [1.29, 1.82) is 0 Å². The van der Waals surface area contributed by atoms with Gasteiger partial charge in [0.2, 0.25) is 5.95 Å². The smallest absolute Gasteiger partial charge is 0.326 e. The van der Waals surface area contributed by atoms with Crippen LogP contribution in [-0.2, 0) is 6.54 Å². The number of nitrogens with one attached hydrogen (secondary N) is 2. The molecule has 2 aromatic rings. The van der Waals surface area contributed by atoms with E-state index >= 15 is 0 Å². The lowest BCUT2D eigenvalue weighted by atomic mass is 10.1. The summed E-state index contributed by atoms with van der Waals surface area (Å²) in [5.41, 5.74) is 3.25. The Balaban J connectivity index is 1.18. The molecule has 37 heavy (non-hydrogen) atoms. The van der Waals surface area contributed by atoms with Crippen LogP contribution in [-0.4, -0.2) is 83.2 Å². The summed E-state index contributed by atoms with van der Waals surface area (Å²) in [6, 6.07) is 9.73. The summed E-state index contributed by atoms with van der Waals surface area (Å²) in [7, 11) is 0. The Morgan fingerprint density at radius 1 is 1.00 bits per heavy atom. The standard InChI is InChI=1S/C28H40N8O/c1-20(2)33-13-15-34(16-14-33)23-9-7-22(8-10-23)31-27-30-17-21-19-35(25-11-12-29-18-25)28(37)36(26(21)32-27)24-5-3-4-6-24/h7-10,17,20,24-25,29H,3-6,11-16,18-19H2,1-2H3,(H,30,31,32)/t25-/m0/s1. The number of piperazine rings is 1. The number of rotatable bonds is 6. The number of anilines is 4. The van der Waals surface area contributed by atoms with Gasteiger partial charge in [0, 0.05) is 74.0 Å². The predicted molar refractivity (Wildman–Crippen MR) is 148 cm³/mol. The van der Waals surface area contributed by atoms with Crippen LogP contribution >= 0.6 is 0 Å². The Labute approximate surface area is 220 Å². The molecule has 4 heterocycles. The molecule has 1 saturated carbocycles. The number of aromatic nitrogens is 2. The summed E-state index contributed by atoms with van der Waals surface area (Å²) >= 11 is 0. The van der Waals surface area contributed by atoms with E-state index in [0.29, 0.717) is 18.5 Å². The first-order chi connectivity index (χ1) is 18.1. The van der Waals surface area contributed by atoms with Gasteiger partial charge in [-0.2, -0.15) is 4.98 Å². The van der Waals surface area contributed by atoms with Crippen molar-refractivity contribution in [2.75, 3.05) is 54.4 Å². The van der Waals surface area contributed by atoms with Crippen molar-refractivity contribution in [1.82, 2.24) is 25.1 Å². The molecule has 9 nitrogen and oxygen atoms in total. The first-order valence-corrected chi connectivity index (χ1v) is 14.1. The molecule has 0 unspecified atom stereocenters. The highest BCUT2D eigenvalue weighted by Crippen LogP contribution is 2.36. The lowest BCUT2D eigenvalue weighted by molar-refractivity contribution is 0.174. The second-order valence-corrected chi connectivity index (χ2v) is 11.2. The Kier molecular flexibility index (Phi) is 6.90. The molecule has 0 radical (unpaired) electrons. The fourth-order valence-corrected chi connectivity index (χ4v) is 6.32. The number of hydrogen-bond donors (Lipinski definition) is 2. The van der Waals surface area contributed by atoms with Crippen LogP contribution in [0.25, 0.3) is 0 Å². The van der Waals surface area contributed by atoms with Crippen LogP contribution < -0.4 is 20.4 Å². The van der Waals surface area contributed by atoms with E-state index in [4.69, 9.17) is 4.98 Å². The van der Waals surface area contributed by atoms with Crippen LogP contribution in [0.1, 0.15) is 51.5 Å². The third-order valence-corrected chi connectivity index (χ3v) is 8.56. The molecule has 3 aliphatic heterocycles. The van der Waals surface area contributed by atoms with Gasteiger partial charge in [-0.25, -0.2) is 9.78 Å². The molecule has 4 aliphatic rings. The van der Waals surface area contributed by atoms with Crippen molar-refractivity contribution in [2.45, 2.75) is 70.6 Å². The molecule has 1 aliphatic carbocycles. The fourth-order valence-electron chi connectivity index (χ4n) is 6.32. The number of amides is 2. The Hall–Kier alpha value is -2.91. The number of carbonyl (C=O) groups is 1. The van der Waals surface area contributed by atoms with E-state index in [1.165, 1.54) is 18.5 Å². The monoisotopic (exact) mass is 504 g/mol. The van der Waals surface area contributed by atoms with E-state index in [-0.39, 0.29) is 18.1 Å². The molecule has 2 amide bonds. The lowest BCUT2D eigenvalue weighted by Crippen LogP contribution is -2.55.